The molecule has 0 aliphatic carbocycles. The second-order valence-corrected chi connectivity index (χ2v) is 7.76. The molecule has 4 nitrogen and oxygen atoms in total. The number of ether oxygens (including phenoxy) is 1. The van der Waals surface area contributed by atoms with Crippen molar-refractivity contribution >= 4 is 10.1 Å². The predicted molar refractivity (Wildman–Crippen MR) is 90.4 cm³/mol. The third-order valence-corrected chi connectivity index (χ3v) is 5.12. The van der Waals surface area contributed by atoms with Gasteiger partial charge >= 0.3 is 18.0 Å². The molecule has 2 rings (SSSR count). The van der Waals surface area contributed by atoms with Crippen LogP contribution in [0, 0.1) is 6.92 Å². The average molecular weight is 460 g/mol. The summed E-state index contributed by atoms with van der Waals surface area (Å²) in [5, 5.41) is 0. The van der Waals surface area contributed by atoms with E-state index in [1.807, 2.05) is 0 Å². The van der Waals surface area contributed by atoms with Crippen molar-refractivity contribution in [2.24, 2.45) is 0 Å². The highest BCUT2D eigenvalue weighted by molar-refractivity contribution is 7.86. The van der Waals surface area contributed by atoms with E-state index in [-0.39, 0.29) is 5.56 Å². The van der Waals surface area contributed by atoms with E-state index in [1.165, 1.54) is 42.5 Å². The van der Waals surface area contributed by atoms with Crippen molar-refractivity contribution in [3.05, 3.63) is 65.7 Å². The Hall–Kier alpha value is -2.18. The molecule has 0 radical (unpaired) electrons. The molecule has 166 valence electrons. The van der Waals surface area contributed by atoms with Crippen LogP contribution < -0.4 is 0 Å². The van der Waals surface area contributed by atoms with Gasteiger partial charge in [-0.15, -0.1) is 0 Å². The summed E-state index contributed by atoms with van der Waals surface area (Å²) in [7, 11) is -5.18. The van der Waals surface area contributed by atoms with Crippen LogP contribution in [0.1, 0.15) is 11.1 Å². The van der Waals surface area contributed by atoms with Crippen LogP contribution >= 0.6 is 0 Å². The number of benzene rings is 2. The second kappa shape index (κ2) is 8.52. The Balaban J connectivity index is 2.41. The summed E-state index contributed by atoms with van der Waals surface area (Å²) in [6, 6.07) is 11.3. The molecule has 0 aromatic heterocycles. The Kier molecular flexibility index (Phi) is 6.84. The highest BCUT2D eigenvalue weighted by Crippen LogP contribution is 2.49. The zero-order chi connectivity index (χ0) is 22.8. The van der Waals surface area contributed by atoms with Crippen LogP contribution in [0.4, 0.5) is 30.7 Å². The topological polar surface area (TPSA) is 52.6 Å². The monoisotopic (exact) mass is 460 g/mol. The lowest BCUT2D eigenvalue weighted by molar-refractivity contribution is -0.392. The molecule has 0 heterocycles. The molecule has 30 heavy (non-hydrogen) atoms. The summed E-state index contributed by atoms with van der Waals surface area (Å²) >= 11 is 0. The van der Waals surface area contributed by atoms with E-state index in [1.54, 1.807) is 6.92 Å². The van der Waals surface area contributed by atoms with E-state index in [0.29, 0.717) is 5.56 Å². The normalized spacial score (nSPS) is 14.5. The van der Waals surface area contributed by atoms with Crippen molar-refractivity contribution in [2.45, 2.75) is 42.7 Å². The molecule has 0 saturated carbocycles. The molecule has 0 fully saturated rings. The predicted octanol–water partition coefficient (Wildman–Crippen LogP) is 5.08. The fourth-order valence-electron chi connectivity index (χ4n) is 2.15. The molecule has 12 heteroatoms. The fourth-order valence-corrected chi connectivity index (χ4v) is 3.14. The Labute approximate surface area is 167 Å². The summed E-state index contributed by atoms with van der Waals surface area (Å²) in [4.78, 5) is -0.729. The molecule has 1 atom stereocenters. The van der Waals surface area contributed by atoms with Gasteiger partial charge in [-0.25, -0.2) is 4.18 Å². The van der Waals surface area contributed by atoms with Crippen LogP contribution in [0.15, 0.2) is 59.5 Å². The van der Waals surface area contributed by atoms with Crippen LogP contribution in [-0.2, 0) is 25.6 Å². The van der Waals surface area contributed by atoms with Crippen molar-refractivity contribution in [1.82, 2.24) is 0 Å². The van der Waals surface area contributed by atoms with Gasteiger partial charge in [0.05, 0.1) is 11.5 Å². The van der Waals surface area contributed by atoms with Gasteiger partial charge in [0.25, 0.3) is 10.1 Å². The summed E-state index contributed by atoms with van der Waals surface area (Å²) < 4.78 is 126. The zero-order valence-corrected chi connectivity index (χ0v) is 16.0. The standard InChI is InChI=1S/C18H15F7O4S/c1-12-7-9-14(10-8-12)30(26,27)29-15(28-11-13-5-3-2-4-6-13)16(19,20)17(21,22)18(23,24)25/h2-10,15H,11H2,1H3/t15-/m0/s1. The maximum atomic E-state index is 14.2. The maximum absolute atomic E-state index is 14.2. The molecule has 0 unspecified atom stereocenters. The summed E-state index contributed by atoms with van der Waals surface area (Å²) in [5.74, 6) is -12.7. The molecule has 2 aromatic rings. The molecule has 0 N–H and O–H groups in total. The van der Waals surface area contributed by atoms with Gasteiger partial charge in [0.15, 0.2) is 0 Å². The van der Waals surface area contributed by atoms with E-state index in [2.05, 4.69) is 8.92 Å². The SMILES string of the molecule is Cc1ccc(S(=O)(=O)O[C@H](OCc2ccccc2)C(F)(F)C(F)(F)C(F)(F)F)cc1. The van der Waals surface area contributed by atoms with Gasteiger partial charge in [-0.3, -0.25) is 0 Å². The Morgan fingerprint density at radius 3 is 1.90 bits per heavy atom. The molecule has 0 bridgehead atoms. The Bertz CT molecular complexity index is 943. The van der Waals surface area contributed by atoms with E-state index in [9.17, 15) is 39.2 Å². The first-order valence-electron chi connectivity index (χ1n) is 8.16. The van der Waals surface area contributed by atoms with Crippen LogP contribution in [-0.4, -0.2) is 32.7 Å². The minimum atomic E-state index is -6.69. The lowest BCUT2D eigenvalue weighted by Crippen LogP contribution is -2.59. The number of hydrogen-bond acceptors (Lipinski definition) is 4. The number of halogens is 7. The minimum Gasteiger partial charge on any atom is -0.341 e. The molecule has 0 saturated heterocycles. The average Bonchev–Trinajstić information content (AvgIpc) is 2.65. The van der Waals surface area contributed by atoms with Crippen LogP contribution in [0.25, 0.3) is 0 Å². The quantitative estimate of drug-likeness (QED) is 0.313. The first kappa shape index (κ1) is 24.1. The van der Waals surface area contributed by atoms with Gasteiger partial charge in [0.1, 0.15) is 0 Å². The van der Waals surface area contributed by atoms with Crippen molar-refractivity contribution in [1.29, 1.82) is 0 Å². The highest BCUT2D eigenvalue weighted by Gasteiger charge is 2.77. The highest BCUT2D eigenvalue weighted by atomic mass is 32.2. The number of aryl methyl sites for hydroxylation is 1. The van der Waals surface area contributed by atoms with Crippen LogP contribution in [0.3, 0.4) is 0 Å². The Morgan fingerprint density at radius 2 is 1.40 bits per heavy atom. The third kappa shape index (κ3) is 5.10. The van der Waals surface area contributed by atoms with E-state index in [4.69, 9.17) is 0 Å². The van der Waals surface area contributed by atoms with Crippen molar-refractivity contribution in [3.63, 3.8) is 0 Å². The fraction of sp³-hybridized carbons (Fsp3) is 0.333. The molecular weight excluding hydrogens is 445 g/mol. The lowest BCUT2D eigenvalue weighted by atomic mass is 10.1. The van der Waals surface area contributed by atoms with Gasteiger partial charge in [0, 0.05) is 0 Å². The van der Waals surface area contributed by atoms with Gasteiger partial charge in [-0.05, 0) is 24.6 Å². The number of rotatable bonds is 8. The van der Waals surface area contributed by atoms with Gasteiger partial charge in [0.2, 0.25) is 6.29 Å². The lowest BCUT2D eigenvalue weighted by Gasteiger charge is -2.33. The third-order valence-electron chi connectivity index (χ3n) is 3.84. The molecule has 2 aromatic carbocycles. The molecule has 0 amide bonds. The Morgan fingerprint density at radius 1 is 0.867 bits per heavy atom. The van der Waals surface area contributed by atoms with E-state index >= 15 is 0 Å². The molecular formula is C18H15F7O4S. The van der Waals surface area contributed by atoms with Gasteiger partial charge in [-0.1, -0.05) is 48.0 Å². The number of alkyl halides is 7. The smallest absolute Gasteiger partial charge is 0.341 e. The summed E-state index contributed by atoms with van der Waals surface area (Å²) in [5.41, 5.74) is 0.671. The van der Waals surface area contributed by atoms with Gasteiger partial charge < -0.3 is 4.74 Å². The summed E-state index contributed by atoms with van der Waals surface area (Å²) in [6.07, 6.45) is -10.5. The van der Waals surface area contributed by atoms with Crippen LogP contribution in [0.2, 0.25) is 0 Å². The summed E-state index contributed by atoms with van der Waals surface area (Å²) in [6.45, 7) is 0.652. The maximum Gasteiger partial charge on any atom is 0.460 e. The van der Waals surface area contributed by atoms with Crippen molar-refractivity contribution in [2.75, 3.05) is 0 Å². The van der Waals surface area contributed by atoms with E-state index < -0.39 is 45.9 Å². The second-order valence-electron chi connectivity index (χ2n) is 6.19. The van der Waals surface area contributed by atoms with E-state index in [0.717, 1.165) is 12.1 Å². The first-order chi connectivity index (χ1) is 13.7. The molecule has 0 aliphatic rings. The first-order valence-corrected chi connectivity index (χ1v) is 9.57. The largest absolute Gasteiger partial charge is 0.460 e. The van der Waals surface area contributed by atoms with Crippen molar-refractivity contribution < 1.29 is 48.1 Å². The van der Waals surface area contributed by atoms with Gasteiger partial charge in [-0.2, -0.15) is 39.2 Å². The molecule has 0 aliphatic heterocycles. The molecule has 0 spiro atoms. The zero-order valence-electron chi connectivity index (χ0n) is 15.2. The number of hydrogen-bond donors (Lipinski definition) is 0. The van der Waals surface area contributed by atoms with Crippen LogP contribution in [0.5, 0.6) is 0 Å². The minimum absolute atomic E-state index is 0.102. The van der Waals surface area contributed by atoms with Crippen molar-refractivity contribution in [3.8, 4) is 0 Å².